The van der Waals surface area contributed by atoms with Gasteiger partial charge in [-0.15, -0.1) is 11.3 Å². The summed E-state index contributed by atoms with van der Waals surface area (Å²) in [5.74, 6) is -0.727. The van der Waals surface area contributed by atoms with E-state index in [2.05, 4.69) is 11.0 Å². The van der Waals surface area contributed by atoms with Crippen LogP contribution in [0.2, 0.25) is 0 Å². The summed E-state index contributed by atoms with van der Waals surface area (Å²) in [6.07, 6.45) is 2.42. The number of likely N-dealkylation sites (tertiary alicyclic amines) is 1. The molecular weight excluding hydrogens is 260 g/mol. The zero-order chi connectivity index (χ0) is 13.2. The van der Waals surface area contributed by atoms with E-state index in [0.29, 0.717) is 12.6 Å². The number of carboxylic acids is 1. The maximum atomic E-state index is 10.7. The third-order valence-corrected chi connectivity index (χ3v) is 4.71. The molecule has 2 aromatic rings. The predicted octanol–water partition coefficient (Wildman–Crippen LogP) is 2.91. The number of fused-ring (bicyclic) bond motifs is 1. The molecule has 0 amide bonds. The highest BCUT2D eigenvalue weighted by Crippen LogP contribution is 2.36. The Kier molecular flexibility index (Phi) is 3.48. The summed E-state index contributed by atoms with van der Waals surface area (Å²) < 4.78 is 1.21. The van der Waals surface area contributed by atoms with Gasteiger partial charge in [-0.25, -0.2) is 4.98 Å². The van der Waals surface area contributed by atoms with Gasteiger partial charge in [-0.3, -0.25) is 9.69 Å². The van der Waals surface area contributed by atoms with Crippen molar-refractivity contribution in [3.8, 4) is 0 Å². The largest absolute Gasteiger partial charge is 0.481 e. The van der Waals surface area contributed by atoms with Crippen molar-refractivity contribution in [2.24, 2.45) is 0 Å². The summed E-state index contributed by atoms with van der Waals surface area (Å²) in [6.45, 7) is 1.60. The lowest BCUT2D eigenvalue weighted by atomic mass is 10.2. The minimum absolute atomic E-state index is 0.210. The summed E-state index contributed by atoms with van der Waals surface area (Å²) in [5.41, 5.74) is 1.05. The van der Waals surface area contributed by atoms with Crippen LogP contribution in [0.25, 0.3) is 10.2 Å². The monoisotopic (exact) mass is 276 g/mol. The number of rotatable bonds is 4. The first-order chi connectivity index (χ1) is 9.24. The molecule has 1 aliphatic heterocycles. The van der Waals surface area contributed by atoms with E-state index < -0.39 is 5.97 Å². The van der Waals surface area contributed by atoms with Gasteiger partial charge in [0.25, 0.3) is 0 Å². The third-order valence-electron chi connectivity index (χ3n) is 3.57. The van der Waals surface area contributed by atoms with Gasteiger partial charge < -0.3 is 5.11 Å². The third kappa shape index (κ3) is 2.62. The second-order valence-electron chi connectivity index (χ2n) is 4.86. The molecule has 0 unspecified atom stereocenters. The fraction of sp³-hybridized carbons (Fsp3) is 0.429. The number of aromatic nitrogens is 1. The van der Waals surface area contributed by atoms with Crippen LogP contribution in [-0.4, -0.2) is 34.0 Å². The number of carbonyl (C=O) groups is 1. The highest BCUT2D eigenvalue weighted by Gasteiger charge is 2.28. The van der Waals surface area contributed by atoms with Crippen molar-refractivity contribution in [2.75, 3.05) is 13.1 Å². The van der Waals surface area contributed by atoms with Gasteiger partial charge in [-0.2, -0.15) is 0 Å². The zero-order valence-corrected chi connectivity index (χ0v) is 11.4. The van der Waals surface area contributed by atoms with Gasteiger partial charge in [0.15, 0.2) is 0 Å². The Hall–Kier alpha value is -1.46. The van der Waals surface area contributed by atoms with Crippen molar-refractivity contribution in [2.45, 2.75) is 25.3 Å². The molecule has 0 spiro atoms. The predicted molar refractivity (Wildman–Crippen MR) is 75.4 cm³/mol. The second-order valence-corrected chi connectivity index (χ2v) is 5.92. The fourth-order valence-corrected chi connectivity index (χ4v) is 3.78. The molecule has 1 N–H and O–H groups in total. The first-order valence-corrected chi connectivity index (χ1v) is 7.37. The van der Waals surface area contributed by atoms with Gasteiger partial charge >= 0.3 is 5.97 Å². The minimum atomic E-state index is -0.727. The van der Waals surface area contributed by atoms with Crippen molar-refractivity contribution >= 4 is 27.5 Å². The summed E-state index contributed by atoms with van der Waals surface area (Å²) in [7, 11) is 0. The van der Waals surface area contributed by atoms with E-state index in [1.54, 1.807) is 11.3 Å². The molecular formula is C14H16N2O2S. The Morgan fingerprint density at radius 3 is 3.11 bits per heavy atom. The van der Waals surface area contributed by atoms with Gasteiger partial charge in [0, 0.05) is 6.54 Å². The van der Waals surface area contributed by atoms with Crippen molar-refractivity contribution in [1.82, 2.24) is 9.88 Å². The molecule has 19 heavy (non-hydrogen) atoms. The molecule has 1 aromatic heterocycles. The van der Waals surface area contributed by atoms with E-state index in [0.717, 1.165) is 29.9 Å². The number of para-hydroxylation sites is 1. The van der Waals surface area contributed by atoms with Gasteiger partial charge in [-0.1, -0.05) is 12.1 Å². The van der Waals surface area contributed by atoms with E-state index in [9.17, 15) is 4.79 Å². The smallest absolute Gasteiger partial charge is 0.304 e. The molecule has 1 aromatic carbocycles. The normalized spacial score (nSPS) is 20.1. The maximum absolute atomic E-state index is 10.7. The molecule has 1 saturated heterocycles. The van der Waals surface area contributed by atoms with Crippen LogP contribution in [-0.2, 0) is 4.79 Å². The number of aliphatic carboxylic acids is 1. The van der Waals surface area contributed by atoms with Crippen LogP contribution >= 0.6 is 11.3 Å². The molecule has 0 radical (unpaired) electrons. The van der Waals surface area contributed by atoms with Crippen LogP contribution in [0.3, 0.4) is 0 Å². The standard InChI is InChI=1S/C14H16N2O2S/c17-13(18)7-9-16-8-3-5-11(16)14-15-10-4-1-2-6-12(10)19-14/h1-2,4,6,11H,3,5,7-9H2,(H,17,18)/t11-/m1/s1. The summed E-state index contributed by atoms with van der Waals surface area (Å²) >= 11 is 1.73. The van der Waals surface area contributed by atoms with E-state index in [4.69, 9.17) is 10.1 Å². The first-order valence-electron chi connectivity index (χ1n) is 6.55. The lowest BCUT2D eigenvalue weighted by molar-refractivity contribution is -0.137. The fourth-order valence-electron chi connectivity index (χ4n) is 2.65. The Labute approximate surface area is 115 Å². The molecule has 0 aliphatic carbocycles. The van der Waals surface area contributed by atoms with Crippen LogP contribution in [0.4, 0.5) is 0 Å². The Morgan fingerprint density at radius 2 is 2.32 bits per heavy atom. The second kappa shape index (κ2) is 5.27. The number of hydrogen-bond acceptors (Lipinski definition) is 4. The van der Waals surface area contributed by atoms with E-state index in [1.807, 2.05) is 18.2 Å². The molecule has 100 valence electrons. The van der Waals surface area contributed by atoms with Crippen molar-refractivity contribution in [1.29, 1.82) is 0 Å². The van der Waals surface area contributed by atoms with Crippen LogP contribution in [0.5, 0.6) is 0 Å². The number of thiazole rings is 1. The van der Waals surface area contributed by atoms with Crippen molar-refractivity contribution in [3.63, 3.8) is 0 Å². The Bertz CT molecular complexity index is 563. The first kappa shape index (κ1) is 12.6. The maximum Gasteiger partial charge on any atom is 0.304 e. The van der Waals surface area contributed by atoms with Crippen LogP contribution in [0.15, 0.2) is 24.3 Å². The molecule has 1 atom stereocenters. The molecule has 1 aliphatic rings. The van der Waals surface area contributed by atoms with E-state index >= 15 is 0 Å². The molecule has 0 bridgehead atoms. The van der Waals surface area contributed by atoms with Crippen LogP contribution in [0.1, 0.15) is 30.3 Å². The average molecular weight is 276 g/mol. The quantitative estimate of drug-likeness (QED) is 0.933. The molecule has 4 nitrogen and oxygen atoms in total. The summed E-state index contributed by atoms with van der Waals surface area (Å²) in [6, 6.07) is 8.46. The molecule has 5 heteroatoms. The highest BCUT2D eigenvalue weighted by molar-refractivity contribution is 7.18. The van der Waals surface area contributed by atoms with Crippen molar-refractivity contribution in [3.05, 3.63) is 29.3 Å². The van der Waals surface area contributed by atoms with Crippen LogP contribution in [0, 0.1) is 0 Å². The van der Waals surface area contributed by atoms with Crippen LogP contribution < -0.4 is 0 Å². The molecule has 2 heterocycles. The van der Waals surface area contributed by atoms with Gasteiger partial charge in [0.05, 0.1) is 22.7 Å². The average Bonchev–Trinajstić information content (AvgIpc) is 3.02. The highest BCUT2D eigenvalue weighted by atomic mass is 32.1. The Morgan fingerprint density at radius 1 is 1.47 bits per heavy atom. The molecule has 1 fully saturated rings. The van der Waals surface area contributed by atoms with E-state index in [1.165, 1.54) is 4.70 Å². The lowest BCUT2D eigenvalue weighted by Crippen LogP contribution is -2.25. The lowest BCUT2D eigenvalue weighted by Gasteiger charge is -2.21. The molecule has 0 saturated carbocycles. The van der Waals surface area contributed by atoms with Gasteiger partial charge in [0.2, 0.25) is 0 Å². The van der Waals surface area contributed by atoms with Gasteiger partial charge in [-0.05, 0) is 31.5 Å². The SMILES string of the molecule is O=C(O)CCN1CCC[C@@H]1c1nc2ccccc2s1. The number of carboxylic acid groups (broad SMARTS) is 1. The zero-order valence-electron chi connectivity index (χ0n) is 10.6. The number of nitrogens with zero attached hydrogens (tertiary/aromatic N) is 2. The number of benzene rings is 1. The van der Waals surface area contributed by atoms with Crippen molar-refractivity contribution < 1.29 is 9.90 Å². The van der Waals surface area contributed by atoms with Gasteiger partial charge in [0.1, 0.15) is 5.01 Å². The number of hydrogen-bond donors (Lipinski definition) is 1. The van der Waals surface area contributed by atoms with E-state index in [-0.39, 0.29) is 6.42 Å². The summed E-state index contributed by atoms with van der Waals surface area (Å²) in [4.78, 5) is 17.7. The molecule has 3 rings (SSSR count). The topological polar surface area (TPSA) is 53.4 Å². The summed E-state index contributed by atoms with van der Waals surface area (Å²) in [5, 5.41) is 9.93. The Balaban J connectivity index is 1.81. The minimum Gasteiger partial charge on any atom is -0.481 e.